The summed E-state index contributed by atoms with van der Waals surface area (Å²) in [6, 6.07) is 25.2. The quantitative estimate of drug-likeness (QED) is 0.403. The molecule has 3 aromatic rings. The van der Waals surface area contributed by atoms with E-state index in [2.05, 4.69) is 5.32 Å². The van der Waals surface area contributed by atoms with Crippen molar-refractivity contribution >= 4 is 29.0 Å². The third-order valence-corrected chi connectivity index (χ3v) is 5.50. The van der Waals surface area contributed by atoms with E-state index in [1.54, 1.807) is 60.7 Å². The number of methoxy groups -OCH3 is 1. The van der Waals surface area contributed by atoms with Gasteiger partial charge in [-0.2, -0.15) is 0 Å². The van der Waals surface area contributed by atoms with Crippen LogP contribution >= 0.6 is 0 Å². The van der Waals surface area contributed by atoms with Crippen molar-refractivity contribution in [3.63, 3.8) is 0 Å². The Balaban J connectivity index is 1.76. The van der Waals surface area contributed by atoms with Gasteiger partial charge in [0.25, 0.3) is 5.91 Å². The molecule has 0 spiro atoms. The number of nitrogens with one attached hydrogen (secondary N) is 1. The van der Waals surface area contributed by atoms with Gasteiger partial charge in [0.2, 0.25) is 0 Å². The summed E-state index contributed by atoms with van der Waals surface area (Å²) in [5, 5.41) is 13.7. The molecular formula is C28H23NO6. The topological polar surface area (TPSA) is 102 Å². The highest BCUT2D eigenvalue weighted by Gasteiger charge is 2.36. The van der Waals surface area contributed by atoms with Gasteiger partial charge in [-0.05, 0) is 16.7 Å². The number of benzene rings is 3. The van der Waals surface area contributed by atoms with E-state index in [9.17, 15) is 19.5 Å². The lowest BCUT2D eigenvalue weighted by atomic mass is 9.99. The van der Waals surface area contributed by atoms with Crippen LogP contribution in [-0.4, -0.2) is 36.1 Å². The lowest BCUT2D eigenvalue weighted by Gasteiger charge is -2.19. The number of esters is 2. The molecule has 35 heavy (non-hydrogen) atoms. The Morgan fingerprint density at radius 1 is 0.914 bits per heavy atom. The third kappa shape index (κ3) is 5.14. The molecule has 0 saturated heterocycles. The van der Waals surface area contributed by atoms with Crippen LogP contribution < -0.4 is 5.32 Å². The first-order valence-electron chi connectivity index (χ1n) is 10.9. The number of amides is 1. The second-order valence-electron chi connectivity index (χ2n) is 7.79. The van der Waals surface area contributed by atoms with Crippen LogP contribution in [0.15, 0.2) is 103 Å². The molecule has 7 heteroatoms. The van der Waals surface area contributed by atoms with Crippen molar-refractivity contribution in [2.24, 2.45) is 0 Å². The van der Waals surface area contributed by atoms with Gasteiger partial charge in [0.05, 0.1) is 12.7 Å². The number of rotatable bonds is 7. The van der Waals surface area contributed by atoms with Crippen molar-refractivity contribution in [3.8, 4) is 0 Å². The molecule has 1 aliphatic heterocycles. The van der Waals surface area contributed by atoms with E-state index in [4.69, 9.17) is 9.47 Å². The summed E-state index contributed by atoms with van der Waals surface area (Å²) in [4.78, 5) is 38.7. The maximum absolute atomic E-state index is 13.5. The first-order chi connectivity index (χ1) is 17.0. The lowest BCUT2D eigenvalue weighted by molar-refractivity contribution is -0.144. The number of carbonyl (C=O) groups excluding carboxylic acids is 3. The molecule has 0 fully saturated rings. The first-order valence-corrected chi connectivity index (χ1v) is 10.9. The van der Waals surface area contributed by atoms with Crippen molar-refractivity contribution in [2.75, 3.05) is 7.11 Å². The summed E-state index contributed by atoms with van der Waals surface area (Å²) in [5.74, 6) is -2.84. The van der Waals surface area contributed by atoms with Crippen molar-refractivity contribution in [1.82, 2.24) is 5.32 Å². The highest BCUT2D eigenvalue weighted by atomic mass is 16.6. The SMILES string of the molecule is COC(=O)[C@H](Cc1ccccc1)NC(=O)C(=C1OC(=O)C(c2ccccc2)=C1O)c1ccccc1. The standard InChI is InChI=1S/C28H23NO6/c1-34-27(32)21(17-18-11-5-2-6-12-18)29-26(31)23(20-15-9-4-10-16-20)25-24(30)22(28(33)35-25)19-13-7-3-8-14-19/h2-16,21,30H,17H2,1H3,(H,29,31)/t21-/m0/s1. The van der Waals surface area contributed by atoms with Crippen LogP contribution in [0, 0.1) is 0 Å². The molecule has 1 heterocycles. The van der Waals surface area contributed by atoms with Crippen molar-refractivity contribution in [2.45, 2.75) is 12.5 Å². The van der Waals surface area contributed by atoms with Crippen LogP contribution in [-0.2, 0) is 30.3 Å². The summed E-state index contributed by atoms with van der Waals surface area (Å²) in [7, 11) is 1.24. The minimum absolute atomic E-state index is 0.0457. The average Bonchev–Trinajstić information content (AvgIpc) is 3.18. The van der Waals surface area contributed by atoms with Gasteiger partial charge in [-0.15, -0.1) is 0 Å². The average molecular weight is 469 g/mol. The molecule has 1 atom stereocenters. The van der Waals surface area contributed by atoms with E-state index in [1.165, 1.54) is 7.11 Å². The van der Waals surface area contributed by atoms with Gasteiger partial charge in [-0.25, -0.2) is 9.59 Å². The van der Waals surface area contributed by atoms with Gasteiger partial charge in [0.15, 0.2) is 11.5 Å². The normalized spacial score (nSPS) is 15.3. The molecule has 1 amide bonds. The van der Waals surface area contributed by atoms with E-state index in [0.717, 1.165) is 5.56 Å². The van der Waals surface area contributed by atoms with E-state index < -0.39 is 29.6 Å². The maximum atomic E-state index is 13.5. The highest BCUT2D eigenvalue weighted by Crippen LogP contribution is 2.36. The van der Waals surface area contributed by atoms with Crippen molar-refractivity contribution < 1.29 is 29.0 Å². The summed E-state index contributed by atoms with van der Waals surface area (Å²) in [5.41, 5.74) is 1.55. The van der Waals surface area contributed by atoms with E-state index in [0.29, 0.717) is 11.1 Å². The highest BCUT2D eigenvalue weighted by molar-refractivity contribution is 6.26. The lowest BCUT2D eigenvalue weighted by Crippen LogP contribution is -2.43. The Morgan fingerprint density at radius 2 is 1.49 bits per heavy atom. The van der Waals surface area contributed by atoms with Crippen molar-refractivity contribution in [3.05, 3.63) is 119 Å². The number of ether oxygens (including phenoxy) is 2. The van der Waals surface area contributed by atoms with Crippen LogP contribution in [0.3, 0.4) is 0 Å². The molecule has 176 valence electrons. The Bertz CT molecular complexity index is 1300. The fraction of sp³-hybridized carbons (Fsp3) is 0.107. The zero-order valence-corrected chi connectivity index (χ0v) is 18.9. The minimum Gasteiger partial charge on any atom is -0.504 e. The molecule has 0 unspecified atom stereocenters. The molecule has 4 rings (SSSR count). The summed E-state index contributed by atoms with van der Waals surface area (Å²) in [6.07, 6.45) is 0.188. The molecule has 2 N–H and O–H groups in total. The molecule has 3 aromatic carbocycles. The number of cyclic esters (lactones) is 1. The van der Waals surface area contributed by atoms with Gasteiger partial charge < -0.3 is 19.9 Å². The first kappa shape index (κ1) is 23.5. The molecular weight excluding hydrogens is 446 g/mol. The van der Waals surface area contributed by atoms with Gasteiger partial charge in [-0.3, -0.25) is 4.79 Å². The van der Waals surface area contributed by atoms with Gasteiger partial charge in [0, 0.05) is 6.42 Å². The Hall–Kier alpha value is -4.65. The van der Waals surface area contributed by atoms with E-state index >= 15 is 0 Å². The fourth-order valence-electron chi connectivity index (χ4n) is 3.82. The fourth-order valence-corrected chi connectivity index (χ4v) is 3.82. The number of hydrogen-bond donors (Lipinski definition) is 2. The van der Waals surface area contributed by atoms with Gasteiger partial charge >= 0.3 is 11.9 Å². The number of aliphatic hydroxyl groups is 1. The van der Waals surface area contributed by atoms with Crippen LogP contribution in [0.25, 0.3) is 11.1 Å². The van der Waals surface area contributed by atoms with E-state index in [1.807, 2.05) is 30.3 Å². The number of hydrogen-bond acceptors (Lipinski definition) is 6. The maximum Gasteiger partial charge on any atom is 0.348 e. The van der Waals surface area contributed by atoms with Crippen LogP contribution in [0.4, 0.5) is 0 Å². The Morgan fingerprint density at radius 3 is 2.09 bits per heavy atom. The second-order valence-corrected chi connectivity index (χ2v) is 7.79. The minimum atomic E-state index is -1.01. The molecule has 0 aliphatic carbocycles. The molecule has 7 nitrogen and oxygen atoms in total. The summed E-state index contributed by atoms with van der Waals surface area (Å²) < 4.78 is 10.3. The smallest absolute Gasteiger partial charge is 0.348 e. The predicted octanol–water partition coefficient (Wildman–Crippen LogP) is 3.82. The number of carbonyl (C=O) groups is 3. The monoisotopic (exact) mass is 469 g/mol. The van der Waals surface area contributed by atoms with Gasteiger partial charge in [-0.1, -0.05) is 91.0 Å². The van der Waals surface area contributed by atoms with Crippen molar-refractivity contribution in [1.29, 1.82) is 0 Å². The predicted molar refractivity (Wildman–Crippen MR) is 130 cm³/mol. The molecule has 0 radical (unpaired) electrons. The zero-order chi connectivity index (χ0) is 24.8. The molecule has 0 aromatic heterocycles. The van der Waals surface area contributed by atoms with E-state index in [-0.39, 0.29) is 23.3 Å². The largest absolute Gasteiger partial charge is 0.504 e. The molecule has 1 aliphatic rings. The van der Waals surface area contributed by atoms with Crippen LogP contribution in [0.5, 0.6) is 0 Å². The zero-order valence-electron chi connectivity index (χ0n) is 18.9. The summed E-state index contributed by atoms with van der Waals surface area (Å²) in [6.45, 7) is 0. The molecule has 0 bridgehead atoms. The van der Waals surface area contributed by atoms with Crippen LogP contribution in [0.2, 0.25) is 0 Å². The van der Waals surface area contributed by atoms with Gasteiger partial charge in [0.1, 0.15) is 11.6 Å². The Labute approximate surface area is 202 Å². The third-order valence-electron chi connectivity index (χ3n) is 5.50. The van der Waals surface area contributed by atoms with Crippen LogP contribution in [0.1, 0.15) is 16.7 Å². The summed E-state index contributed by atoms with van der Waals surface area (Å²) >= 11 is 0. The molecule has 0 saturated carbocycles. The second kappa shape index (κ2) is 10.5. The number of aliphatic hydroxyl groups excluding tert-OH is 1. The Kier molecular flexibility index (Phi) is 7.07.